The van der Waals surface area contributed by atoms with Gasteiger partial charge >= 0.3 is 0 Å². The van der Waals surface area contributed by atoms with Crippen molar-refractivity contribution >= 4 is 0 Å². The molecular weight excluding hydrogens is 202 g/mol. The number of hydrogen-bond acceptors (Lipinski definition) is 6. The summed E-state index contributed by atoms with van der Waals surface area (Å²) >= 11 is 0. The number of hydrogen-bond donors (Lipinski definition) is 5. The van der Waals surface area contributed by atoms with Crippen molar-refractivity contribution in [3.8, 4) is 0 Å². The Morgan fingerprint density at radius 3 is 2.13 bits per heavy atom. The minimum atomic E-state index is -1.36. The van der Waals surface area contributed by atoms with E-state index in [1.54, 1.807) is 4.90 Å². The van der Waals surface area contributed by atoms with Crippen LogP contribution in [0.15, 0.2) is 0 Å². The van der Waals surface area contributed by atoms with Crippen LogP contribution in [0.25, 0.3) is 0 Å². The normalized spacial score (nSPS) is 52.6. The van der Waals surface area contributed by atoms with Crippen LogP contribution in [0.4, 0.5) is 0 Å². The van der Waals surface area contributed by atoms with Crippen LogP contribution in [0.5, 0.6) is 0 Å². The third-order valence-electron chi connectivity index (χ3n) is 3.34. The van der Waals surface area contributed by atoms with E-state index >= 15 is 0 Å². The lowest BCUT2D eigenvalue weighted by molar-refractivity contribution is -0.0968. The summed E-state index contributed by atoms with van der Waals surface area (Å²) in [5, 5.41) is 47.8. The minimum Gasteiger partial charge on any atom is -0.392 e. The Hall–Kier alpha value is -0.240. The topological polar surface area (TPSA) is 104 Å². The van der Waals surface area contributed by atoms with Crippen molar-refractivity contribution in [3.63, 3.8) is 0 Å². The number of aliphatic hydroxyl groups excluding tert-OH is 5. The molecule has 2 heterocycles. The van der Waals surface area contributed by atoms with E-state index in [-0.39, 0.29) is 12.6 Å². The zero-order valence-electron chi connectivity index (χ0n) is 8.27. The molecular formula is C9H17NO5. The average molecular weight is 219 g/mol. The molecule has 6 atom stereocenters. The standard InChI is InChI=1S/C9H17NO5/c11-4-1-5-7(13)9(15)8(14)6(12)3-10(5)2-4/h4-9,11-15H,1-3H2/t4-,5+,6-,7+,8+,9-/m0/s1. The summed E-state index contributed by atoms with van der Waals surface area (Å²) in [5.41, 5.74) is 0. The predicted molar refractivity (Wildman–Crippen MR) is 50.0 cm³/mol. The molecule has 0 aromatic heterocycles. The van der Waals surface area contributed by atoms with Gasteiger partial charge in [0.25, 0.3) is 0 Å². The molecule has 5 N–H and O–H groups in total. The summed E-state index contributed by atoms with van der Waals surface area (Å²) in [4.78, 5) is 1.71. The SMILES string of the molecule is O[C@H]1C[C@@H]2[C@@H](O)[C@H](O)[C@H](O)[C@@H](O)CN2C1. The second-order valence-corrected chi connectivity index (χ2v) is 4.45. The number of aliphatic hydroxyl groups is 5. The first kappa shape index (κ1) is 11.3. The van der Waals surface area contributed by atoms with Crippen LogP contribution in [0, 0.1) is 0 Å². The van der Waals surface area contributed by atoms with E-state index in [0.29, 0.717) is 13.0 Å². The molecule has 0 bridgehead atoms. The van der Waals surface area contributed by atoms with Gasteiger partial charge < -0.3 is 25.5 Å². The summed E-state index contributed by atoms with van der Waals surface area (Å²) < 4.78 is 0. The highest BCUT2D eigenvalue weighted by molar-refractivity contribution is 4.99. The van der Waals surface area contributed by atoms with E-state index in [4.69, 9.17) is 0 Å². The lowest BCUT2D eigenvalue weighted by Crippen LogP contribution is -2.46. The molecule has 88 valence electrons. The van der Waals surface area contributed by atoms with Crippen LogP contribution in [-0.2, 0) is 0 Å². The van der Waals surface area contributed by atoms with Gasteiger partial charge in [0.15, 0.2) is 0 Å². The maximum atomic E-state index is 9.76. The fourth-order valence-electron chi connectivity index (χ4n) is 2.48. The molecule has 0 spiro atoms. The number of rotatable bonds is 0. The van der Waals surface area contributed by atoms with Crippen LogP contribution in [-0.4, -0.2) is 80.1 Å². The molecule has 0 unspecified atom stereocenters. The quantitative estimate of drug-likeness (QED) is 0.295. The van der Waals surface area contributed by atoms with Crippen molar-refractivity contribution in [3.05, 3.63) is 0 Å². The molecule has 2 aliphatic heterocycles. The monoisotopic (exact) mass is 219 g/mol. The first-order valence-electron chi connectivity index (χ1n) is 5.15. The summed E-state index contributed by atoms with van der Waals surface area (Å²) in [5.74, 6) is 0. The molecule has 0 radical (unpaired) electrons. The Morgan fingerprint density at radius 2 is 1.47 bits per heavy atom. The zero-order valence-corrected chi connectivity index (χ0v) is 8.27. The van der Waals surface area contributed by atoms with Crippen LogP contribution < -0.4 is 0 Å². The molecule has 6 heteroatoms. The van der Waals surface area contributed by atoms with Crippen molar-refractivity contribution in [2.45, 2.75) is 43.0 Å². The molecule has 2 rings (SSSR count). The molecule has 0 amide bonds. The van der Waals surface area contributed by atoms with Crippen molar-refractivity contribution < 1.29 is 25.5 Å². The molecule has 0 aromatic carbocycles. The molecule has 2 fully saturated rings. The van der Waals surface area contributed by atoms with Crippen LogP contribution in [0.2, 0.25) is 0 Å². The molecule has 0 aliphatic carbocycles. The van der Waals surface area contributed by atoms with E-state index in [9.17, 15) is 25.5 Å². The fraction of sp³-hybridized carbons (Fsp3) is 1.00. The summed E-state index contributed by atoms with van der Waals surface area (Å²) in [7, 11) is 0. The summed E-state index contributed by atoms with van der Waals surface area (Å²) in [6.07, 6.45) is -5.10. The third kappa shape index (κ3) is 1.89. The molecule has 6 nitrogen and oxygen atoms in total. The van der Waals surface area contributed by atoms with Gasteiger partial charge in [0.05, 0.1) is 18.3 Å². The first-order chi connectivity index (χ1) is 7.00. The van der Waals surface area contributed by atoms with Crippen LogP contribution in [0.3, 0.4) is 0 Å². The molecule has 15 heavy (non-hydrogen) atoms. The van der Waals surface area contributed by atoms with Crippen molar-refractivity contribution in [2.75, 3.05) is 13.1 Å². The number of nitrogens with zero attached hydrogens (tertiary/aromatic N) is 1. The largest absolute Gasteiger partial charge is 0.392 e. The maximum Gasteiger partial charge on any atom is 0.110 e. The van der Waals surface area contributed by atoms with E-state index < -0.39 is 30.5 Å². The first-order valence-corrected chi connectivity index (χ1v) is 5.15. The van der Waals surface area contributed by atoms with Crippen molar-refractivity contribution in [1.29, 1.82) is 0 Å². The van der Waals surface area contributed by atoms with E-state index in [2.05, 4.69) is 0 Å². The lowest BCUT2D eigenvalue weighted by Gasteiger charge is -2.26. The predicted octanol–water partition coefficient (Wildman–Crippen LogP) is -3.12. The Balaban J connectivity index is 2.18. The highest BCUT2D eigenvalue weighted by Crippen LogP contribution is 2.27. The lowest BCUT2D eigenvalue weighted by atomic mass is 9.99. The highest BCUT2D eigenvalue weighted by Gasteiger charge is 2.46. The zero-order chi connectivity index (χ0) is 11.2. The van der Waals surface area contributed by atoms with Gasteiger partial charge in [-0.15, -0.1) is 0 Å². The van der Waals surface area contributed by atoms with Gasteiger partial charge in [-0.05, 0) is 6.42 Å². The van der Waals surface area contributed by atoms with Gasteiger partial charge in [0, 0.05) is 19.1 Å². The Kier molecular flexibility index (Phi) is 2.98. The molecule has 0 aromatic rings. The summed E-state index contributed by atoms with van der Waals surface area (Å²) in [6, 6.07) is -0.387. The maximum absolute atomic E-state index is 9.76. The summed E-state index contributed by atoms with van der Waals surface area (Å²) in [6.45, 7) is 0.523. The minimum absolute atomic E-state index is 0.164. The highest BCUT2D eigenvalue weighted by atomic mass is 16.4. The molecule has 2 aliphatic rings. The van der Waals surface area contributed by atoms with Gasteiger partial charge in [-0.2, -0.15) is 0 Å². The van der Waals surface area contributed by atoms with Crippen LogP contribution >= 0.6 is 0 Å². The number of fused-ring (bicyclic) bond motifs is 1. The average Bonchev–Trinajstić information content (AvgIpc) is 2.52. The Morgan fingerprint density at radius 1 is 0.800 bits per heavy atom. The van der Waals surface area contributed by atoms with E-state index in [1.807, 2.05) is 0 Å². The molecule has 0 saturated carbocycles. The van der Waals surface area contributed by atoms with Crippen molar-refractivity contribution in [2.24, 2.45) is 0 Å². The Bertz CT molecular complexity index is 237. The van der Waals surface area contributed by atoms with Crippen molar-refractivity contribution in [1.82, 2.24) is 4.90 Å². The molecule has 2 saturated heterocycles. The second-order valence-electron chi connectivity index (χ2n) is 4.45. The third-order valence-corrected chi connectivity index (χ3v) is 3.34. The van der Waals surface area contributed by atoms with E-state index in [0.717, 1.165) is 0 Å². The van der Waals surface area contributed by atoms with E-state index in [1.165, 1.54) is 0 Å². The Labute approximate surface area is 87.4 Å². The van der Waals surface area contributed by atoms with Crippen LogP contribution in [0.1, 0.15) is 6.42 Å². The van der Waals surface area contributed by atoms with Gasteiger partial charge in [-0.3, -0.25) is 4.90 Å². The van der Waals surface area contributed by atoms with Gasteiger partial charge in [-0.25, -0.2) is 0 Å². The fourth-order valence-corrected chi connectivity index (χ4v) is 2.48. The van der Waals surface area contributed by atoms with Gasteiger partial charge in [-0.1, -0.05) is 0 Å². The smallest absolute Gasteiger partial charge is 0.110 e. The van der Waals surface area contributed by atoms with Gasteiger partial charge in [0.2, 0.25) is 0 Å². The second kappa shape index (κ2) is 3.97. The van der Waals surface area contributed by atoms with Gasteiger partial charge in [0.1, 0.15) is 12.2 Å².